The number of esters is 1. The molecule has 3 N–H and O–H groups in total. The number of rotatable bonds is 7. The highest BCUT2D eigenvalue weighted by atomic mass is 16.5. The minimum absolute atomic E-state index is 0.00478. The third-order valence-electron chi connectivity index (χ3n) is 12.4. The summed E-state index contributed by atoms with van der Waals surface area (Å²) in [6.45, 7) is 8.35. The molecule has 2 aromatic carbocycles. The zero-order valence-electron chi connectivity index (χ0n) is 32.7. The number of nitrogens with zero attached hydrogens (tertiary/aromatic N) is 3. The van der Waals surface area contributed by atoms with Gasteiger partial charge in [0, 0.05) is 18.4 Å². The minimum Gasteiger partial charge on any atom is -0.424 e. The van der Waals surface area contributed by atoms with E-state index >= 15 is 0 Å². The smallest absolute Gasteiger partial charge is 0.325 e. The molecule has 0 aliphatic carbocycles. The first kappa shape index (κ1) is 39.2. The summed E-state index contributed by atoms with van der Waals surface area (Å²) < 4.78 is 6.26. The van der Waals surface area contributed by atoms with Crippen LogP contribution in [0, 0.1) is 0 Å². The SMILES string of the molecule is CC(C)(C)c1cc2c(c(OC(=O)CN3CCC(c4ccc5c(c4)C(=O)N(C4CCC(=O)NC4=O)C5=O)CC3)c1C1CCNCC1)C(=O)N(C1CCC(=O)NC1=O)C2=O. The maximum absolute atomic E-state index is 14.3. The number of hydrogen-bond acceptors (Lipinski definition) is 12. The summed E-state index contributed by atoms with van der Waals surface area (Å²) in [5.74, 6) is -5.43. The third kappa shape index (κ3) is 6.91. The molecule has 0 bridgehead atoms. The highest BCUT2D eigenvalue weighted by molar-refractivity contribution is 6.25. The summed E-state index contributed by atoms with van der Waals surface area (Å²) >= 11 is 0. The van der Waals surface area contributed by atoms with Crippen LogP contribution in [0.4, 0.5) is 0 Å². The molecule has 0 radical (unpaired) electrons. The van der Waals surface area contributed by atoms with Crippen molar-refractivity contribution in [2.45, 2.75) is 101 Å². The Labute approximate surface area is 334 Å². The molecule has 6 aliphatic rings. The van der Waals surface area contributed by atoms with E-state index in [0.29, 0.717) is 31.5 Å². The van der Waals surface area contributed by atoms with Crippen molar-refractivity contribution in [3.63, 3.8) is 0 Å². The molecule has 4 fully saturated rings. The van der Waals surface area contributed by atoms with Crippen molar-refractivity contribution in [1.82, 2.24) is 30.7 Å². The first-order chi connectivity index (χ1) is 27.6. The van der Waals surface area contributed by atoms with Gasteiger partial charge in [0.15, 0.2) is 0 Å². The molecule has 16 heteroatoms. The number of fused-ring (bicyclic) bond motifs is 2. The first-order valence-corrected chi connectivity index (χ1v) is 20.0. The van der Waals surface area contributed by atoms with Crippen molar-refractivity contribution >= 4 is 53.2 Å². The predicted octanol–water partition coefficient (Wildman–Crippen LogP) is 2.04. The van der Waals surface area contributed by atoms with Gasteiger partial charge in [-0.25, -0.2) is 0 Å². The van der Waals surface area contributed by atoms with E-state index in [1.807, 2.05) is 31.7 Å². The highest BCUT2D eigenvalue weighted by Crippen LogP contribution is 2.47. The molecule has 8 rings (SSSR count). The number of benzene rings is 2. The number of amides is 8. The summed E-state index contributed by atoms with van der Waals surface area (Å²) in [5.41, 5.74) is 2.30. The van der Waals surface area contributed by atoms with Crippen LogP contribution in [0.5, 0.6) is 5.75 Å². The van der Waals surface area contributed by atoms with Crippen LogP contribution in [0.25, 0.3) is 0 Å². The van der Waals surface area contributed by atoms with Crippen molar-refractivity contribution in [2.75, 3.05) is 32.7 Å². The van der Waals surface area contributed by atoms with Crippen LogP contribution < -0.4 is 20.7 Å². The molecular weight excluding hydrogens is 748 g/mol. The van der Waals surface area contributed by atoms with Gasteiger partial charge < -0.3 is 10.1 Å². The Morgan fingerprint density at radius 3 is 1.84 bits per heavy atom. The van der Waals surface area contributed by atoms with Gasteiger partial charge in [0.05, 0.1) is 28.8 Å². The number of carbonyl (C=O) groups excluding carboxylic acids is 9. The number of ether oxygens (including phenoxy) is 1. The Morgan fingerprint density at radius 2 is 1.26 bits per heavy atom. The lowest BCUT2D eigenvalue weighted by atomic mass is 9.75. The molecule has 2 atom stereocenters. The van der Waals surface area contributed by atoms with Gasteiger partial charge in [0.1, 0.15) is 17.8 Å². The largest absolute Gasteiger partial charge is 0.424 e. The minimum atomic E-state index is -1.18. The topological polar surface area (TPSA) is 209 Å². The van der Waals surface area contributed by atoms with E-state index in [1.54, 1.807) is 18.2 Å². The number of hydrogen-bond donors (Lipinski definition) is 3. The summed E-state index contributed by atoms with van der Waals surface area (Å²) in [7, 11) is 0. The molecule has 16 nitrogen and oxygen atoms in total. The molecular formula is C42H46N6O10. The maximum atomic E-state index is 14.3. The van der Waals surface area contributed by atoms with Gasteiger partial charge in [0.25, 0.3) is 23.6 Å². The molecule has 304 valence electrons. The monoisotopic (exact) mass is 794 g/mol. The molecule has 4 saturated heterocycles. The Hall–Kier alpha value is -5.61. The Kier molecular flexibility index (Phi) is 10.1. The second-order valence-electron chi connectivity index (χ2n) is 17.1. The second kappa shape index (κ2) is 15.0. The number of likely N-dealkylation sites (tertiary alicyclic amines) is 1. The fourth-order valence-corrected chi connectivity index (χ4v) is 9.35. The summed E-state index contributed by atoms with van der Waals surface area (Å²) in [4.78, 5) is 122. The van der Waals surface area contributed by atoms with Gasteiger partial charge in [-0.15, -0.1) is 0 Å². The Bertz CT molecular complexity index is 2200. The average Bonchev–Trinajstić information content (AvgIpc) is 3.58. The normalized spacial score (nSPS) is 23.6. The van der Waals surface area contributed by atoms with Gasteiger partial charge in [-0.05, 0) is 111 Å². The number of carbonyl (C=O) groups is 9. The van der Waals surface area contributed by atoms with Gasteiger partial charge in [-0.3, -0.25) is 68.5 Å². The van der Waals surface area contributed by atoms with Gasteiger partial charge >= 0.3 is 5.97 Å². The van der Waals surface area contributed by atoms with Gasteiger partial charge in [-0.2, -0.15) is 0 Å². The maximum Gasteiger partial charge on any atom is 0.325 e. The van der Waals surface area contributed by atoms with E-state index in [0.717, 1.165) is 46.9 Å². The van der Waals surface area contributed by atoms with Crippen LogP contribution in [0.15, 0.2) is 24.3 Å². The number of nitrogens with one attached hydrogen (secondary N) is 3. The van der Waals surface area contributed by atoms with Crippen LogP contribution in [0.2, 0.25) is 0 Å². The first-order valence-electron chi connectivity index (χ1n) is 20.0. The van der Waals surface area contributed by atoms with E-state index in [9.17, 15) is 43.2 Å². The molecule has 0 aromatic heterocycles. The molecule has 2 aromatic rings. The number of piperidine rings is 4. The fraction of sp³-hybridized carbons (Fsp3) is 0.500. The van der Waals surface area contributed by atoms with E-state index in [-0.39, 0.29) is 72.1 Å². The molecule has 2 unspecified atom stereocenters. The Balaban J connectivity index is 1.01. The quantitative estimate of drug-likeness (QED) is 0.209. The Morgan fingerprint density at radius 1 is 0.690 bits per heavy atom. The van der Waals surface area contributed by atoms with Crippen LogP contribution in [0.1, 0.15) is 142 Å². The third-order valence-corrected chi connectivity index (χ3v) is 12.4. The predicted molar refractivity (Wildman–Crippen MR) is 204 cm³/mol. The van der Waals surface area contributed by atoms with E-state index in [1.165, 1.54) is 0 Å². The number of imide groups is 4. The van der Waals surface area contributed by atoms with Crippen molar-refractivity contribution < 1.29 is 47.9 Å². The second-order valence-corrected chi connectivity index (χ2v) is 17.1. The zero-order chi connectivity index (χ0) is 41.2. The molecule has 8 amide bonds. The van der Waals surface area contributed by atoms with Gasteiger partial charge in [0.2, 0.25) is 23.6 Å². The molecule has 0 spiro atoms. The van der Waals surface area contributed by atoms with Crippen LogP contribution >= 0.6 is 0 Å². The average molecular weight is 795 g/mol. The molecule has 6 aliphatic heterocycles. The van der Waals surface area contributed by atoms with E-state index in [4.69, 9.17) is 4.74 Å². The van der Waals surface area contributed by atoms with Crippen molar-refractivity contribution in [3.05, 3.63) is 63.2 Å². The van der Waals surface area contributed by atoms with Crippen LogP contribution in [-0.4, -0.2) is 113 Å². The lowest BCUT2D eigenvalue weighted by Crippen LogP contribution is -2.54. The molecule has 58 heavy (non-hydrogen) atoms. The lowest BCUT2D eigenvalue weighted by molar-refractivity contribution is -0.137. The lowest BCUT2D eigenvalue weighted by Gasteiger charge is -2.33. The van der Waals surface area contributed by atoms with Crippen LogP contribution in [-0.2, 0) is 29.4 Å². The van der Waals surface area contributed by atoms with Crippen LogP contribution in [0.3, 0.4) is 0 Å². The van der Waals surface area contributed by atoms with Crippen molar-refractivity contribution in [2.24, 2.45) is 0 Å². The fourth-order valence-electron chi connectivity index (χ4n) is 9.35. The highest BCUT2D eigenvalue weighted by Gasteiger charge is 2.49. The molecule has 0 saturated carbocycles. The summed E-state index contributed by atoms with van der Waals surface area (Å²) in [6, 6.07) is 4.62. The summed E-state index contributed by atoms with van der Waals surface area (Å²) in [6.07, 6.45) is 2.78. The van der Waals surface area contributed by atoms with E-state index < -0.39 is 70.7 Å². The van der Waals surface area contributed by atoms with Crippen molar-refractivity contribution in [3.8, 4) is 5.75 Å². The van der Waals surface area contributed by atoms with E-state index in [2.05, 4.69) is 16.0 Å². The standard InChI is InChI=1S/C42H46N6O10/c1-42(2,3)27-19-26-34(41(57)48(40(26)56)29-7-9-31(50)45-37(29)53)35(33(27)22-10-14-43-15-11-22)58-32(51)20-46-16-12-21(13-17-46)23-4-5-24-25(18-23)39(55)47(38(24)54)28-6-8-30(49)44-36(28)52/h4-5,18-19,21-22,28-29,43H,6-17,20H2,1-3H3,(H,44,49,52)(H,45,50,53). The van der Waals surface area contributed by atoms with Gasteiger partial charge in [-0.1, -0.05) is 26.8 Å². The summed E-state index contributed by atoms with van der Waals surface area (Å²) in [5, 5.41) is 7.80. The van der Waals surface area contributed by atoms with Crippen molar-refractivity contribution in [1.29, 1.82) is 0 Å². The zero-order valence-corrected chi connectivity index (χ0v) is 32.7. The molecule has 6 heterocycles.